The van der Waals surface area contributed by atoms with Gasteiger partial charge in [-0.2, -0.15) is 0 Å². The van der Waals surface area contributed by atoms with Gasteiger partial charge in [-0.25, -0.2) is 0 Å². The van der Waals surface area contributed by atoms with Crippen molar-refractivity contribution >= 4 is 29.9 Å². The highest BCUT2D eigenvalue weighted by atomic mass is 127. The van der Waals surface area contributed by atoms with Gasteiger partial charge in [0.2, 0.25) is 0 Å². The molecule has 0 amide bonds. The van der Waals surface area contributed by atoms with Crippen molar-refractivity contribution in [1.82, 2.24) is 15.5 Å². The Labute approximate surface area is 186 Å². The molecule has 0 radical (unpaired) electrons. The van der Waals surface area contributed by atoms with Crippen molar-refractivity contribution in [3.63, 3.8) is 0 Å². The number of rotatable bonds is 10. The average Bonchev–Trinajstić information content (AvgIpc) is 3.09. The second kappa shape index (κ2) is 14.2. The van der Waals surface area contributed by atoms with E-state index >= 15 is 0 Å². The summed E-state index contributed by atoms with van der Waals surface area (Å²) in [4.78, 5) is 6.73. The standard InChI is InChI=1S/C20H36N4O3.HI/c1-16(2)15-26-11-5-8-22-20(21-4)23-14-18(19-7-6-17(3)27-19)24-9-12-25-13-10-24;/h6-7,16,18H,5,8-15H2,1-4H3,(H2,21,22,23);1H. The highest BCUT2D eigenvalue weighted by Gasteiger charge is 2.25. The molecular weight excluding hydrogens is 471 g/mol. The summed E-state index contributed by atoms with van der Waals surface area (Å²) in [5.41, 5.74) is 0. The molecule has 0 aliphatic carbocycles. The van der Waals surface area contributed by atoms with Gasteiger partial charge in [0.05, 0.1) is 19.3 Å². The fourth-order valence-electron chi connectivity index (χ4n) is 3.05. The molecule has 28 heavy (non-hydrogen) atoms. The van der Waals surface area contributed by atoms with Crippen molar-refractivity contribution in [2.24, 2.45) is 10.9 Å². The summed E-state index contributed by atoms with van der Waals surface area (Å²) in [5, 5.41) is 6.80. The van der Waals surface area contributed by atoms with Gasteiger partial charge in [0.1, 0.15) is 11.5 Å². The first-order valence-corrected chi connectivity index (χ1v) is 10.0. The van der Waals surface area contributed by atoms with Gasteiger partial charge in [-0.3, -0.25) is 9.89 Å². The summed E-state index contributed by atoms with van der Waals surface area (Å²) >= 11 is 0. The Kier molecular flexibility index (Phi) is 12.8. The van der Waals surface area contributed by atoms with Gasteiger partial charge in [0.25, 0.3) is 0 Å². The first kappa shape index (κ1) is 25.2. The minimum absolute atomic E-state index is 0. The van der Waals surface area contributed by atoms with E-state index in [1.54, 1.807) is 7.05 Å². The van der Waals surface area contributed by atoms with Crippen LogP contribution < -0.4 is 10.6 Å². The van der Waals surface area contributed by atoms with Gasteiger partial charge in [-0.1, -0.05) is 13.8 Å². The molecular formula is C20H37IN4O3. The largest absolute Gasteiger partial charge is 0.465 e. The maximum Gasteiger partial charge on any atom is 0.191 e. The minimum atomic E-state index is 0. The third-order valence-electron chi connectivity index (χ3n) is 4.47. The van der Waals surface area contributed by atoms with Crippen LogP contribution in [0.3, 0.4) is 0 Å². The van der Waals surface area contributed by atoms with Crippen LogP contribution in [0.5, 0.6) is 0 Å². The summed E-state index contributed by atoms with van der Waals surface area (Å²) in [7, 11) is 1.80. The lowest BCUT2D eigenvalue weighted by atomic mass is 10.1. The van der Waals surface area contributed by atoms with Crippen molar-refractivity contribution in [2.45, 2.75) is 33.2 Å². The van der Waals surface area contributed by atoms with Crippen LogP contribution in [-0.2, 0) is 9.47 Å². The average molecular weight is 508 g/mol. The maximum atomic E-state index is 5.91. The smallest absolute Gasteiger partial charge is 0.191 e. The quantitative estimate of drug-likeness (QED) is 0.219. The lowest BCUT2D eigenvalue weighted by Gasteiger charge is -2.33. The van der Waals surface area contributed by atoms with Gasteiger partial charge < -0.3 is 24.5 Å². The Morgan fingerprint density at radius 1 is 1.25 bits per heavy atom. The second-order valence-corrected chi connectivity index (χ2v) is 7.31. The summed E-state index contributed by atoms with van der Waals surface area (Å²) in [6, 6.07) is 4.25. The van der Waals surface area contributed by atoms with Crippen LogP contribution >= 0.6 is 24.0 Å². The maximum absolute atomic E-state index is 5.91. The van der Waals surface area contributed by atoms with Crippen molar-refractivity contribution in [3.05, 3.63) is 23.7 Å². The lowest BCUT2D eigenvalue weighted by molar-refractivity contribution is 0.0124. The molecule has 7 nitrogen and oxygen atoms in total. The van der Waals surface area contributed by atoms with Crippen molar-refractivity contribution in [1.29, 1.82) is 0 Å². The van der Waals surface area contributed by atoms with E-state index in [1.807, 2.05) is 13.0 Å². The number of guanidine groups is 1. The first-order valence-electron chi connectivity index (χ1n) is 10.0. The Bertz CT molecular complexity index is 559. The van der Waals surface area contributed by atoms with Gasteiger partial charge in [0, 0.05) is 46.4 Å². The van der Waals surface area contributed by atoms with Crippen molar-refractivity contribution < 1.29 is 13.9 Å². The zero-order chi connectivity index (χ0) is 19.5. The molecule has 1 unspecified atom stereocenters. The molecule has 0 spiro atoms. The predicted octanol–water partition coefficient (Wildman–Crippen LogP) is 2.81. The number of halogens is 1. The molecule has 1 saturated heterocycles. The number of hydrogen-bond acceptors (Lipinski definition) is 5. The van der Waals surface area contributed by atoms with E-state index in [9.17, 15) is 0 Å². The number of nitrogens with one attached hydrogen (secondary N) is 2. The summed E-state index contributed by atoms with van der Waals surface area (Å²) in [6.07, 6.45) is 0.956. The normalized spacial score (nSPS) is 16.7. The SMILES string of the molecule is CN=C(NCCCOCC(C)C)NCC(c1ccc(C)o1)N1CCOCC1.I. The number of hydrogen-bond donors (Lipinski definition) is 2. The molecule has 1 aliphatic heterocycles. The van der Waals surface area contributed by atoms with Crippen LogP contribution in [0.1, 0.15) is 37.8 Å². The molecule has 2 heterocycles. The van der Waals surface area contributed by atoms with Crippen LogP contribution in [0.15, 0.2) is 21.5 Å². The third kappa shape index (κ3) is 9.11. The third-order valence-corrected chi connectivity index (χ3v) is 4.47. The highest BCUT2D eigenvalue weighted by molar-refractivity contribution is 14.0. The Hall–Kier alpha value is -0.840. The van der Waals surface area contributed by atoms with E-state index < -0.39 is 0 Å². The molecule has 2 N–H and O–H groups in total. The van der Waals surface area contributed by atoms with E-state index in [1.165, 1.54) is 0 Å². The van der Waals surface area contributed by atoms with E-state index in [-0.39, 0.29) is 30.0 Å². The Morgan fingerprint density at radius 2 is 2.00 bits per heavy atom. The molecule has 8 heteroatoms. The monoisotopic (exact) mass is 508 g/mol. The zero-order valence-corrected chi connectivity index (χ0v) is 20.0. The molecule has 1 aromatic rings. The van der Waals surface area contributed by atoms with Crippen LogP contribution in [0, 0.1) is 12.8 Å². The Morgan fingerprint density at radius 3 is 2.61 bits per heavy atom. The van der Waals surface area contributed by atoms with Crippen molar-refractivity contribution in [2.75, 3.05) is 59.7 Å². The molecule has 0 saturated carbocycles. The molecule has 1 aromatic heterocycles. The lowest BCUT2D eigenvalue weighted by Crippen LogP contribution is -2.46. The number of aryl methyl sites for hydroxylation is 1. The zero-order valence-electron chi connectivity index (χ0n) is 17.7. The fraction of sp³-hybridized carbons (Fsp3) is 0.750. The van der Waals surface area contributed by atoms with Gasteiger partial charge >= 0.3 is 0 Å². The van der Waals surface area contributed by atoms with E-state index in [2.05, 4.69) is 40.4 Å². The van der Waals surface area contributed by atoms with Crippen LogP contribution in [0.4, 0.5) is 0 Å². The van der Waals surface area contributed by atoms with Gasteiger partial charge in [-0.15, -0.1) is 24.0 Å². The Balaban J connectivity index is 0.00000392. The van der Waals surface area contributed by atoms with Gasteiger partial charge in [0.15, 0.2) is 5.96 Å². The van der Waals surface area contributed by atoms with Crippen LogP contribution in [0.2, 0.25) is 0 Å². The highest BCUT2D eigenvalue weighted by Crippen LogP contribution is 2.23. The summed E-state index contributed by atoms with van der Waals surface area (Å²) < 4.78 is 17.0. The van der Waals surface area contributed by atoms with Crippen molar-refractivity contribution in [3.8, 4) is 0 Å². The number of nitrogens with zero attached hydrogens (tertiary/aromatic N) is 2. The molecule has 1 fully saturated rings. The summed E-state index contributed by atoms with van der Waals surface area (Å²) in [5.74, 6) is 3.31. The van der Waals surface area contributed by atoms with E-state index in [4.69, 9.17) is 13.9 Å². The number of furan rings is 1. The van der Waals surface area contributed by atoms with E-state index in [0.717, 1.165) is 76.5 Å². The number of aliphatic imine (C=N–C) groups is 1. The van der Waals surface area contributed by atoms with E-state index in [0.29, 0.717) is 5.92 Å². The van der Waals surface area contributed by atoms with Gasteiger partial charge in [-0.05, 0) is 31.4 Å². The molecule has 1 atom stereocenters. The number of ether oxygens (including phenoxy) is 2. The molecule has 2 rings (SSSR count). The molecule has 1 aliphatic rings. The molecule has 0 aromatic carbocycles. The second-order valence-electron chi connectivity index (χ2n) is 7.31. The van der Waals surface area contributed by atoms with Crippen LogP contribution in [-0.4, -0.2) is 70.5 Å². The fourth-order valence-corrected chi connectivity index (χ4v) is 3.05. The minimum Gasteiger partial charge on any atom is -0.465 e. The first-order chi connectivity index (χ1) is 13.1. The van der Waals surface area contributed by atoms with Crippen LogP contribution in [0.25, 0.3) is 0 Å². The predicted molar refractivity (Wildman–Crippen MR) is 124 cm³/mol. The number of morpholine rings is 1. The topological polar surface area (TPSA) is 71.3 Å². The summed E-state index contributed by atoms with van der Waals surface area (Å²) in [6.45, 7) is 12.8. The molecule has 162 valence electrons. The molecule has 0 bridgehead atoms.